The summed E-state index contributed by atoms with van der Waals surface area (Å²) in [6.07, 6.45) is -8.66. The average Bonchev–Trinajstić information content (AvgIpc) is 3.04. The number of rotatable bonds is 10. The Balaban J connectivity index is 0.000000277. The molecule has 0 fully saturated rings. The number of halogens is 7. The number of hydrogen-bond acceptors (Lipinski definition) is 12. The lowest BCUT2D eigenvalue weighted by atomic mass is 10.2. The van der Waals surface area contributed by atoms with Gasteiger partial charge in [-0.05, 0) is 43.3 Å². The summed E-state index contributed by atoms with van der Waals surface area (Å²) in [5.41, 5.74) is -2.68. The third kappa shape index (κ3) is 10.9. The predicted octanol–water partition coefficient (Wildman–Crippen LogP) is 6.88. The molecule has 0 radical (unpaired) electrons. The minimum Gasteiger partial charge on any atom is -0.487 e. The first-order valence-electron chi connectivity index (χ1n) is 13.6. The molecule has 0 aliphatic rings. The number of benzene rings is 2. The Morgan fingerprint density at radius 1 is 0.941 bits per heavy atom. The van der Waals surface area contributed by atoms with Crippen LogP contribution in [0.1, 0.15) is 18.1 Å². The van der Waals surface area contributed by atoms with E-state index in [9.17, 15) is 49.7 Å². The van der Waals surface area contributed by atoms with Gasteiger partial charge in [0.2, 0.25) is 23.5 Å². The molecule has 4 aromatic rings. The fourth-order valence-electron chi connectivity index (χ4n) is 3.65. The van der Waals surface area contributed by atoms with Crippen LogP contribution in [0.2, 0.25) is 5.02 Å². The van der Waals surface area contributed by atoms with Crippen LogP contribution in [0.4, 0.5) is 42.8 Å². The molecule has 0 saturated heterocycles. The zero-order chi connectivity index (χ0) is 38.1. The molecule has 0 saturated carbocycles. The van der Waals surface area contributed by atoms with Gasteiger partial charge in [-0.1, -0.05) is 11.6 Å². The first kappa shape index (κ1) is 39.8. The maximum absolute atomic E-state index is 12.9. The molecule has 0 aliphatic carbocycles. The second kappa shape index (κ2) is 16.4. The number of anilines is 1. The topological polar surface area (TPSA) is 194 Å². The van der Waals surface area contributed by atoms with Crippen LogP contribution in [0.5, 0.6) is 29.0 Å². The number of ether oxygens (including phenoxy) is 4. The van der Waals surface area contributed by atoms with Gasteiger partial charge in [0, 0.05) is 18.3 Å². The highest BCUT2D eigenvalue weighted by Crippen LogP contribution is 2.38. The van der Waals surface area contributed by atoms with Gasteiger partial charge in [0.15, 0.2) is 5.03 Å². The summed E-state index contributed by atoms with van der Waals surface area (Å²) >= 11 is 5.80. The summed E-state index contributed by atoms with van der Waals surface area (Å²) in [6.45, 7) is 1.86. The third-order valence-electron chi connectivity index (χ3n) is 5.80. The van der Waals surface area contributed by atoms with Crippen molar-refractivity contribution < 1.29 is 63.4 Å². The van der Waals surface area contributed by atoms with Crippen LogP contribution in [-0.2, 0) is 22.4 Å². The molecule has 0 spiro atoms. The van der Waals surface area contributed by atoms with Crippen LogP contribution in [0, 0.1) is 10.1 Å². The van der Waals surface area contributed by atoms with Gasteiger partial charge in [-0.25, -0.2) is 14.5 Å². The Hall–Kier alpha value is -5.64. The molecule has 274 valence electrons. The first-order chi connectivity index (χ1) is 23.8. The van der Waals surface area contributed by atoms with Crippen LogP contribution in [0.25, 0.3) is 0 Å². The van der Waals surface area contributed by atoms with E-state index in [-0.39, 0.29) is 46.3 Å². The van der Waals surface area contributed by atoms with Gasteiger partial charge in [0.1, 0.15) is 11.5 Å². The van der Waals surface area contributed by atoms with Crippen LogP contribution in [-0.4, -0.2) is 55.2 Å². The third-order valence-corrected chi connectivity index (χ3v) is 7.38. The van der Waals surface area contributed by atoms with Gasteiger partial charge in [-0.2, -0.15) is 44.7 Å². The van der Waals surface area contributed by atoms with Crippen molar-refractivity contribution in [3.05, 3.63) is 87.1 Å². The van der Waals surface area contributed by atoms with Gasteiger partial charge in [0.25, 0.3) is 10.0 Å². The van der Waals surface area contributed by atoms with Crippen molar-refractivity contribution in [1.82, 2.24) is 19.7 Å². The molecule has 15 nitrogen and oxygen atoms in total. The Kier molecular flexibility index (Phi) is 12.8. The summed E-state index contributed by atoms with van der Waals surface area (Å²) in [4.78, 5) is 32.8. The lowest BCUT2D eigenvalue weighted by Crippen LogP contribution is -2.36. The smallest absolute Gasteiger partial charge is 0.419 e. The highest BCUT2D eigenvalue weighted by atomic mass is 35.5. The molecule has 2 N–H and O–H groups in total. The second-order valence-corrected chi connectivity index (χ2v) is 11.3. The zero-order valence-corrected chi connectivity index (χ0v) is 27.6. The van der Waals surface area contributed by atoms with Crippen molar-refractivity contribution in [1.29, 1.82) is 0 Å². The summed E-state index contributed by atoms with van der Waals surface area (Å²) in [6, 6.07) is 7.71. The van der Waals surface area contributed by atoms with E-state index in [4.69, 9.17) is 30.5 Å². The Bertz CT molecular complexity index is 1980. The van der Waals surface area contributed by atoms with Gasteiger partial charge in [-0.15, -0.1) is 0 Å². The zero-order valence-electron chi connectivity index (χ0n) is 26.0. The van der Waals surface area contributed by atoms with Crippen LogP contribution >= 0.6 is 11.6 Å². The molecular weight excluding hydrogens is 746 g/mol. The Labute approximate surface area is 288 Å². The number of urea groups is 1. The summed E-state index contributed by atoms with van der Waals surface area (Å²) in [7, 11) is -2.39. The summed E-state index contributed by atoms with van der Waals surface area (Å²) < 4.78 is 123. The number of pyridine rings is 1. The number of nitro benzene ring substituents is 1. The van der Waals surface area contributed by atoms with Crippen LogP contribution < -0.4 is 29.0 Å². The molecule has 4 rings (SSSR count). The monoisotopic (exact) mass is 768 g/mol. The van der Waals surface area contributed by atoms with Crippen molar-refractivity contribution >= 4 is 39.3 Å². The minimum absolute atomic E-state index is 0.0101. The van der Waals surface area contributed by atoms with Crippen LogP contribution in [0.3, 0.4) is 0 Å². The summed E-state index contributed by atoms with van der Waals surface area (Å²) in [5.74, 6) is -0.307. The molecule has 0 atom stereocenters. The van der Waals surface area contributed by atoms with Gasteiger partial charge in [-0.3, -0.25) is 15.4 Å². The Morgan fingerprint density at radius 2 is 1.59 bits per heavy atom. The molecule has 2 aromatic carbocycles. The van der Waals surface area contributed by atoms with Crippen molar-refractivity contribution in [3.8, 4) is 29.0 Å². The van der Waals surface area contributed by atoms with E-state index >= 15 is 0 Å². The van der Waals surface area contributed by atoms with E-state index < -0.39 is 55.4 Å². The number of amides is 2. The van der Waals surface area contributed by atoms with Crippen molar-refractivity contribution in [2.24, 2.45) is 0 Å². The number of carbonyl (C=O) groups excluding carboxylic acids is 1. The lowest BCUT2D eigenvalue weighted by Gasteiger charge is -2.13. The highest BCUT2D eigenvalue weighted by molar-refractivity contribution is 7.90. The quantitative estimate of drug-likeness (QED) is 0.0967. The van der Waals surface area contributed by atoms with Crippen molar-refractivity contribution in [2.75, 3.05) is 26.1 Å². The van der Waals surface area contributed by atoms with E-state index in [1.165, 1.54) is 43.2 Å². The molecule has 2 amide bonds. The van der Waals surface area contributed by atoms with E-state index in [2.05, 4.69) is 15.0 Å². The SMILES string of the molecule is CCOc1cc(Oc2ccc(C(F)(F)F)cc2Cl)ccc1[N+](=O)[O-].COc1cc(OC)nc(NC(=O)NS(=O)(=O)c2ncccc2C(F)(F)F)n1. The lowest BCUT2D eigenvalue weighted by molar-refractivity contribution is -0.385. The first-order valence-corrected chi connectivity index (χ1v) is 15.4. The maximum Gasteiger partial charge on any atom is 0.419 e. The number of nitrogens with one attached hydrogen (secondary N) is 2. The molecule has 51 heavy (non-hydrogen) atoms. The number of nitro groups is 1. The average molecular weight is 769 g/mol. The maximum atomic E-state index is 12.9. The molecule has 0 bridgehead atoms. The number of nitrogens with zero attached hydrogens (tertiary/aromatic N) is 4. The molecule has 2 heterocycles. The van der Waals surface area contributed by atoms with E-state index in [1.54, 1.807) is 6.92 Å². The highest BCUT2D eigenvalue weighted by Gasteiger charge is 2.38. The second-order valence-electron chi connectivity index (χ2n) is 9.25. The Morgan fingerprint density at radius 3 is 2.12 bits per heavy atom. The number of sulfonamides is 1. The number of carbonyl (C=O) groups is 1. The predicted molar refractivity (Wildman–Crippen MR) is 165 cm³/mol. The fraction of sp³-hybridized carbons (Fsp3) is 0.214. The van der Waals surface area contributed by atoms with Crippen molar-refractivity contribution in [3.63, 3.8) is 0 Å². The fourth-order valence-corrected chi connectivity index (χ4v) is 4.94. The van der Waals surface area contributed by atoms with Gasteiger partial charge >= 0.3 is 24.1 Å². The minimum atomic E-state index is -4.99. The molecule has 0 unspecified atom stereocenters. The largest absolute Gasteiger partial charge is 0.487 e. The molecule has 0 aliphatic heterocycles. The van der Waals surface area contributed by atoms with Gasteiger partial charge in [0.05, 0.1) is 48.0 Å². The number of alkyl halides is 6. The molecule has 2 aromatic heterocycles. The summed E-state index contributed by atoms with van der Waals surface area (Å²) in [5, 5.41) is 11.3. The van der Waals surface area contributed by atoms with E-state index in [0.717, 1.165) is 30.5 Å². The van der Waals surface area contributed by atoms with Gasteiger partial charge < -0.3 is 18.9 Å². The van der Waals surface area contributed by atoms with Crippen molar-refractivity contribution in [2.45, 2.75) is 24.3 Å². The number of hydrogen-bond donors (Lipinski definition) is 2. The standard InChI is InChI=1S/C15H11ClF3NO4.C13H12F3N5O5S/c1-2-23-14-8-10(4-5-12(14)20(21)22)24-13-6-3-9(7-11(13)16)15(17,18)19;1-25-8-6-9(26-2)19-11(18-8)20-12(22)21-27(23,24)10-7(13(14,15)16)4-3-5-17-10/h3-8H,2H2,1H3;3-6H,1-2H3,(H2,18,19,20,21,22). The van der Waals surface area contributed by atoms with Crippen LogP contribution in [0.15, 0.2) is 65.8 Å². The normalized spacial score (nSPS) is 11.4. The number of methoxy groups -OCH3 is 2. The van der Waals surface area contributed by atoms with E-state index in [0.29, 0.717) is 6.07 Å². The molecule has 23 heteroatoms. The van der Waals surface area contributed by atoms with E-state index in [1.807, 2.05) is 5.32 Å². The number of aromatic nitrogens is 3. The molecular formula is C28H23ClF6N6O9S.